The third kappa shape index (κ3) is 61.6. The summed E-state index contributed by atoms with van der Waals surface area (Å²) >= 11 is 0. The molecule has 0 bridgehead atoms. The van der Waals surface area contributed by atoms with Crippen LogP contribution < -0.4 is 5.32 Å². The van der Waals surface area contributed by atoms with Gasteiger partial charge in [-0.1, -0.05) is 321 Å². The van der Waals surface area contributed by atoms with Gasteiger partial charge in [0.1, 0.15) is 0 Å². The largest absolute Gasteiger partial charge is 0.466 e. The van der Waals surface area contributed by atoms with Gasteiger partial charge in [0.2, 0.25) is 5.91 Å². The predicted molar refractivity (Wildman–Crippen MR) is 333 cm³/mol. The number of hydrogen-bond donors (Lipinski definition) is 3. The molecule has 0 radical (unpaired) electrons. The first-order valence-corrected chi connectivity index (χ1v) is 34.6. The molecular weight excluding hydrogens is 935 g/mol. The number of allylic oxidation sites excluding steroid dienone is 4. The molecule has 0 aliphatic carbocycles. The predicted octanol–water partition coefficient (Wildman–Crippen LogP) is 22.1. The highest BCUT2D eigenvalue weighted by Crippen LogP contribution is 2.19. The Balaban J connectivity index is 3.42. The average Bonchev–Trinajstić information content (AvgIpc) is 3.42. The zero-order valence-electron chi connectivity index (χ0n) is 51.5. The van der Waals surface area contributed by atoms with Gasteiger partial charge < -0.3 is 20.3 Å². The van der Waals surface area contributed by atoms with Crippen molar-refractivity contribution in [3.8, 4) is 0 Å². The molecule has 0 aromatic carbocycles. The maximum absolute atomic E-state index is 12.5. The molecule has 0 saturated heterocycles. The van der Waals surface area contributed by atoms with Gasteiger partial charge in [-0.25, -0.2) is 0 Å². The summed E-state index contributed by atoms with van der Waals surface area (Å²) in [5, 5.41) is 23.4. The molecule has 0 aliphatic heterocycles. The van der Waals surface area contributed by atoms with E-state index in [2.05, 4.69) is 43.5 Å². The molecule has 0 heterocycles. The maximum atomic E-state index is 12.5. The van der Waals surface area contributed by atoms with Crippen LogP contribution in [0.25, 0.3) is 0 Å². The van der Waals surface area contributed by atoms with Crippen LogP contribution in [0.15, 0.2) is 24.3 Å². The zero-order valence-corrected chi connectivity index (χ0v) is 51.5. The number of nitrogens with one attached hydrogen (secondary N) is 1. The summed E-state index contributed by atoms with van der Waals surface area (Å²) in [4.78, 5) is 24.6. The minimum absolute atomic E-state index is 0.000152. The highest BCUT2D eigenvalue weighted by atomic mass is 16.5. The van der Waals surface area contributed by atoms with Gasteiger partial charge in [-0.3, -0.25) is 9.59 Å². The summed E-state index contributed by atoms with van der Waals surface area (Å²) in [6.45, 7) is 4.96. The fourth-order valence-electron chi connectivity index (χ4n) is 10.9. The minimum atomic E-state index is -0.671. The minimum Gasteiger partial charge on any atom is -0.466 e. The first-order valence-electron chi connectivity index (χ1n) is 34.6. The van der Waals surface area contributed by atoms with Crippen molar-refractivity contribution in [3.63, 3.8) is 0 Å². The second kappa shape index (κ2) is 65.9. The molecule has 0 aromatic heterocycles. The molecule has 450 valence electrons. The molecule has 1 amide bonds. The summed E-state index contributed by atoms with van der Waals surface area (Å²) in [6, 6.07) is -0.549. The molecule has 6 nitrogen and oxygen atoms in total. The molecule has 0 saturated carbocycles. The van der Waals surface area contributed by atoms with Crippen molar-refractivity contribution >= 4 is 11.9 Å². The van der Waals surface area contributed by atoms with Gasteiger partial charge in [0.25, 0.3) is 0 Å². The van der Waals surface area contributed by atoms with Gasteiger partial charge in [-0.2, -0.15) is 0 Å². The summed E-state index contributed by atoms with van der Waals surface area (Å²) in [6.07, 6.45) is 82.1. The van der Waals surface area contributed by atoms with Crippen LogP contribution in [0, 0.1) is 0 Å². The quantitative estimate of drug-likeness (QED) is 0.0320. The van der Waals surface area contributed by atoms with Crippen molar-refractivity contribution in [2.24, 2.45) is 0 Å². The maximum Gasteiger partial charge on any atom is 0.305 e. The lowest BCUT2D eigenvalue weighted by molar-refractivity contribution is -0.143. The molecule has 3 N–H and O–H groups in total. The van der Waals surface area contributed by atoms with Gasteiger partial charge in [0, 0.05) is 12.8 Å². The fourth-order valence-corrected chi connectivity index (χ4v) is 10.9. The van der Waals surface area contributed by atoms with E-state index >= 15 is 0 Å². The molecule has 0 fully saturated rings. The molecule has 0 aromatic rings. The lowest BCUT2D eigenvalue weighted by atomic mass is 10.0. The van der Waals surface area contributed by atoms with Crippen molar-refractivity contribution < 1.29 is 24.5 Å². The molecule has 6 heteroatoms. The summed E-state index contributed by atoms with van der Waals surface area (Å²) in [5.74, 6) is -0.0385. The number of amides is 1. The van der Waals surface area contributed by atoms with Gasteiger partial charge in [0.05, 0.1) is 25.4 Å². The van der Waals surface area contributed by atoms with E-state index in [4.69, 9.17) is 4.74 Å². The number of aliphatic hydroxyl groups excluding tert-OH is 2. The van der Waals surface area contributed by atoms with Crippen molar-refractivity contribution in [1.82, 2.24) is 5.32 Å². The Hall–Kier alpha value is -1.66. The molecule has 0 aliphatic rings. The van der Waals surface area contributed by atoms with Crippen molar-refractivity contribution in [3.05, 3.63) is 24.3 Å². The number of hydrogen-bond acceptors (Lipinski definition) is 5. The Labute approximate surface area is 475 Å². The van der Waals surface area contributed by atoms with Crippen molar-refractivity contribution in [2.45, 2.75) is 398 Å². The van der Waals surface area contributed by atoms with Gasteiger partial charge in [-0.05, 0) is 77.0 Å². The van der Waals surface area contributed by atoms with Gasteiger partial charge >= 0.3 is 5.97 Å². The SMILES string of the molecule is CCCCCC/C=C\CCCCCCCC(=O)OCCCCCCCCCCCC/C=C\CCCCCCCCCC(=O)NC(CO)C(O)CCCCCCCCCCCCCCCCCCCCCCCCCCC. The highest BCUT2D eigenvalue weighted by Gasteiger charge is 2.20. The van der Waals surface area contributed by atoms with Crippen LogP contribution in [0.2, 0.25) is 0 Å². The Morgan fingerprint density at radius 2 is 0.618 bits per heavy atom. The van der Waals surface area contributed by atoms with Crippen LogP contribution in [-0.4, -0.2) is 47.4 Å². The van der Waals surface area contributed by atoms with E-state index in [1.807, 2.05) is 0 Å². The molecule has 2 atom stereocenters. The topological polar surface area (TPSA) is 95.9 Å². The second-order valence-corrected chi connectivity index (χ2v) is 23.9. The molecular formula is C70H135NO5. The average molecular weight is 1070 g/mol. The number of unbranched alkanes of at least 4 members (excludes halogenated alkanes) is 50. The van der Waals surface area contributed by atoms with E-state index in [-0.39, 0.29) is 18.5 Å². The smallest absolute Gasteiger partial charge is 0.305 e. The van der Waals surface area contributed by atoms with Crippen molar-refractivity contribution in [1.29, 1.82) is 0 Å². The monoisotopic (exact) mass is 1070 g/mol. The number of carbonyl (C=O) groups excluding carboxylic acids is 2. The number of aliphatic hydroxyl groups is 2. The fraction of sp³-hybridized carbons (Fsp3) is 0.914. The third-order valence-electron chi connectivity index (χ3n) is 16.2. The normalized spacial score (nSPS) is 12.6. The van der Waals surface area contributed by atoms with E-state index in [1.165, 1.54) is 308 Å². The van der Waals surface area contributed by atoms with Gasteiger partial charge in [0.15, 0.2) is 0 Å². The Kier molecular flexibility index (Phi) is 64.4. The zero-order chi connectivity index (χ0) is 55.0. The lowest BCUT2D eigenvalue weighted by Gasteiger charge is -2.22. The van der Waals surface area contributed by atoms with Crippen LogP contribution >= 0.6 is 0 Å². The Morgan fingerprint density at radius 1 is 0.355 bits per heavy atom. The van der Waals surface area contributed by atoms with E-state index in [0.29, 0.717) is 25.9 Å². The van der Waals surface area contributed by atoms with Crippen LogP contribution in [-0.2, 0) is 14.3 Å². The lowest BCUT2D eigenvalue weighted by Crippen LogP contribution is -2.45. The molecule has 0 rings (SSSR count). The number of ether oxygens (including phenoxy) is 1. The molecule has 2 unspecified atom stereocenters. The standard InChI is InChI=1S/C70H135NO5/c1-3-5-7-9-11-13-15-17-18-19-20-21-22-23-24-26-29-32-35-39-42-46-50-54-58-62-68(73)67(66-72)71-69(74)63-59-55-51-47-43-40-36-33-30-27-25-28-31-34-37-41-45-49-53-57-61-65-76-70(75)64-60-56-52-48-44-38-16-14-12-10-8-6-4-2/h14,16,27,30,67-68,72-73H,3-13,15,17-26,28-29,31-66H2,1-2H3,(H,71,74)/b16-14-,30-27-. The van der Waals surface area contributed by atoms with Crippen LogP contribution in [0.1, 0.15) is 386 Å². The molecule has 76 heavy (non-hydrogen) atoms. The summed E-state index contributed by atoms with van der Waals surface area (Å²) < 4.78 is 5.47. The number of carbonyl (C=O) groups is 2. The number of esters is 1. The first-order chi connectivity index (χ1) is 37.5. The van der Waals surface area contributed by atoms with E-state index in [9.17, 15) is 19.8 Å². The van der Waals surface area contributed by atoms with Crippen LogP contribution in [0.4, 0.5) is 0 Å². The first kappa shape index (κ1) is 74.3. The van der Waals surface area contributed by atoms with E-state index in [0.717, 1.165) is 44.9 Å². The van der Waals surface area contributed by atoms with Crippen LogP contribution in [0.3, 0.4) is 0 Å². The van der Waals surface area contributed by atoms with Crippen LogP contribution in [0.5, 0.6) is 0 Å². The highest BCUT2D eigenvalue weighted by molar-refractivity contribution is 5.76. The van der Waals surface area contributed by atoms with E-state index < -0.39 is 12.1 Å². The summed E-state index contributed by atoms with van der Waals surface area (Å²) in [7, 11) is 0. The number of rotatable bonds is 65. The summed E-state index contributed by atoms with van der Waals surface area (Å²) in [5.41, 5.74) is 0. The molecule has 0 spiro atoms. The van der Waals surface area contributed by atoms with Crippen molar-refractivity contribution in [2.75, 3.05) is 13.2 Å². The third-order valence-corrected chi connectivity index (χ3v) is 16.2. The Bertz CT molecular complexity index is 1190. The second-order valence-electron chi connectivity index (χ2n) is 23.9. The van der Waals surface area contributed by atoms with E-state index in [1.54, 1.807) is 0 Å². The Morgan fingerprint density at radius 3 is 0.947 bits per heavy atom. The van der Waals surface area contributed by atoms with Gasteiger partial charge in [-0.15, -0.1) is 0 Å².